The lowest BCUT2D eigenvalue weighted by atomic mass is 9.68. The molecule has 4 N–H and O–H groups in total. The zero-order valence-electron chi connectivity index (χ0n) is 26.4. The molecular formula is C35H46N6O4. The fourth-order valence-corrected chi connectivity index (χ4v) is 6.41. The molecule has 2 aromatic carbocycles. The summed E-state index contributed by atoms with van der Waals surface area (Å²) in [6.45, 7) is 4.86. The third kappa shape index (κ3) is 8.38. The number of nitrogens with two attached hydrogens (primary N) is 1. The number of rotatable bonds is 11. The van der Waals surface area contributed by atoms with Gasteiger partial charge in [0.15, 0.2) is 5.82 Å². The average Bonchev–Trinajstić information content (AvgIpc) is 3.49. The molecule has 3 amide bonds. The Balaban J connectivity index is 1.29. The van der Waals surface area contributed by atoms with Crippen LogP contribution in [0.4, 0.5) is 5.82 Å². The van der Waals surface area contributed by atoms with E-state index >= 15 is 0 Å². The molecule has 2 unspecified atom stereocenters. The Hall–Kier alpha value is -4.02. The first kappa shape index (κ1) is 32.4. The molecule has 1 saturated carbocycles. The van der Waals surface area contributed by atoms with Gasteiger partial charge in [0.1, 0.15) is 12.1 Å². The Morgan fingerprint density at radius 2 is 1.60 bits per heavy atom. The summed E-state index contributed by atoms with van der Waals surface area (Å²) >= 11 is 0. The van der Waals surface area contributed by atoms with E-state index in [0.29, 0.717) is 5.41 Å². The largest absolute Gasteiger partial charge is 0.374 e. The first-order valence-corrected chi connectivity index (χ1v) is 16.0. The van der Waals surface area contributed by atoms with Crippen LogP contribution in [0.1, 0.15) is 76.0 Å². The predicted molar refractivity (Wildman–Crippen MR) is 173 cm³/mol. The minimum absolute atomic E-state index is 0.0202. The number of hydrogen-bond acceptors (Lipinski definition) is 6. The second kappa shape index (κ2) is 14.4. The molecule has 0 radical (unpaired) electrons. The molecule has 0 bridgehead atoms. The van der Waals surface area contributed by atoms with Gasteiger partial charge in [-0.05, 0) is 56.1 Å². The first-order chi connectivity index (χ1) is 21.6. The molecule has 2 heterocycles. The van der Waals surface area contributed by atoms with Crippen molar-refractivity contribution >= 4 is 23.5 Å². The summed E-state index contributed by atoms with van der Waals surface area (Å²) in [5.74, 6) is -0.695. The van der Waals surface area contributed by atoms with E-state index in [1.807, 2.05) is 65.6 Å². The number of hydrogen-bond donors (Lipinski definition) is 3. The van der Waals surface area contributed by atoms with Gasteiger partial charge in [0.2, 0.25) is 11.8 Å². The number of imidazole rings is 1. The highest BCUT2D eigenvalue weighted by Crippen LogP contribution is 2.44. The van der Waals surface area contributed by atoms with Gasteiger partial charge < -0.3 is 30.6 Å². The molecule has 1 aliphatic heterocycles. The van der Waals surface area contributed by atoms with Crippen LogP contribution >= 0.6 is 0 Å². The van der Waals surface area contributed by atoms with E-state index < -0.39 is 29.4 Å². The van der Waals surface area contributed by atoms with E-state index in [9.17, 15) is 14.4 Å². The monoisotopic (exact) mass is 614 g/mol. The molecule has 10 heteroatoms. The zero-order chi connectivity index (χ0) is 31.9. The smallest absolute Gasteiger partial charge is 0.250 e. The summed E-state index contributed by atoms with van der Waals surface area (Å²) in [5.41, 5.74) is 6.98. The molecule has 10 nitrogen and oxygen atoms in total. The number of likely N-dealkylation sites (tertiary alicyclic amines) is 1. The fraction of sp³-hybridized carbons (Fsp3) is 0.486. The lowest BCUT2D eigenvalue weighted by Gasteiger charge is -2.45. The van der Waals surface area contributed by atoms with Crippen molar-refractivity contribution < 1.29 is 19.1 Å². The lowest BCUT2D eigenvalue weighted by Crippen LogP contribution is -2.56. The molecule has 3 aromatic rings. The quantitative estimate of drug-likeness (QED) is 0.293. The number of carbonyl (C=O) groups is 3. The molecule has 2 aliphatic rings. The summed E-state index contributed by atoms with van der Waals surface area (Å²) in [7, 11) is 0. The number of carbonyl (C=O) groups excluding carboxylic acids is 3. The maximum Gasteiger partial charge on any atom is 0.250 e. The van der Waals surface area contributed by atoms with Crippen molar-refractivity contribution in [2.24, 2.45) is 11.1 Å². The molecule has 2 atom stereocenters. The summed E-state index contributed by atoms with van der Waals surface area (Å²) in [6.07, 6.45) is 11.8. The van der Waals surface area contributed by atoms with E-state index in [-0.39, 0.29) is 24.9 Å². The van der Waals surface area contributed by atoms with E-state index in [0.717, 1.165) is 37.1 Å². The molecule has 1 saturated heterocycles. The molecule has 1 aromatic heterocycles. The number of nitrogens with zero attached hydrogens (tertiary/aromatic N) is 3. The highest BCUT2D eigenvalue weighted by molar-refractivity contribution is 5.98. The summed E-state index contributed by atoms with van der Waals surface area (Å²) in [5, 5.41) is 5.51. The first-order valence-electron chi connectivity index (χ1n) is 16.0. The Kier molecular flexibility index (Phi) is 10.4. The maximum absolute atomic E-state index is 14.1. The molecular weight excluding hydrogens is 568 g/mol. The van der Waals surface area contributed by atoms with Crippen LogP contribution in [0, 0.1) is 5.41 Å². The van der Waals surface area contributed by atoms with E-state index in [1.165, 1.54) is 32.1 Å². The van der Waals surface area contributed by atoms with Crippen molar-refractivity contribution in [3.05, 3.63) is 84.3 Å². The predicted octanol–water partition coefficient (Wildman–Crippen LogP) is 4.42. The van der Waals surface area contributed by atoms with E-state index in [2.05, 4.69) is 15.6 Å². The number of aromatic nitrogens is 2. The number of benzene rings is 2. The van der Waals surface area contributed by atoms with Crippen molar-refractivity contribution in [1.29, 1.82) is 0 Å². The molecule has 1 spiro atoms. The van der Waals surface area contributed by atoms with Crippen molar-refractivity contribution in [2.45, 2.75) is 83.0 Å². The van der Waals surface area contributed by atoms with Crippen LogP contribution in [0.15, 0.2) is 73.2 Å². The van der Waals surface area contributed by atoms with Gasteiger partial charge in [-0.25, -0.2) is 4.98 Å². The van der Waals surface area contributed by atoms with Gasteiger partial charge in [0, 0.05) is 19.3 Å². The minimum Gasteiger partial charge on any atom is -0.374 e. The van der Waals surface area contributed by atoms with Crippen molar-refractivity contribution in [2.75, 3.05) is 25.0 Å². The molecule has 1 aliphatic carbocycles. The second-order valence-corrected chi connectivity index (χ2v) is 13.1. The number of anilines is 1. The van der Waals surface area contributed by atoms with Gasteiger partial charge in [-0.1, -0.05) is 79.9 Å². The molecule has 240 valence electrons. The second-order valence-electron chi connectivity index (χ2n) is 13.1. The van der Waals surface area contributed by atoms with Crippen molar-refractivity contribution in [3.63, 3.8) is 0 Å². The third-order valence-electron chi connectivity index (χ3n) is 9.15. The van der Waals surface area contributed by atoms with Crippen molar-refractivity contribution in [1.82, 2.24) is 19.8 Å². The van der Waals surface area contributed by atoms with Crippen LogP contribution in [0.5, 0.6) is 0 Å². The van der Waals surface area contributed by atoms with Gasteiger partial charge in [0.25, 0.3) is 5.91 Å². The number of piperidine rings is 1. The zero-order valence-corrected chi connectivity index (χ0v) is 26.4. The summed E-state index contributed by atoms with van der Waals surface area (Å²) in [6, 6.07) is 17.6. The van der Waals surface area contributed by atoms with Gasteiger partial charge in [0.05, 0.1) is 25.1 Å². The van der Waals surface area contributed by atoms with E-state index in [1.54, 1.807) is 30.9 Å². The van der Waals surface area contributed by atoms with Crippen LogP contribution < -0.4 is 16.4 Å². The van der Waals surface area contributed by atoms with E-state index in [4.69, 9.17) is 10.5 Å². The lowest BCUT2D eigenvalue weighted by molar-refractivity contribution is -0.136. The fourth-order valence-electron chi connectivity index (χ4n) is 6.41. The Labute approximate surface area is 265 Å². The Morgan fingerprint density at radius 3 is 2.24 bits per heavy atom. The number of amides is 3. The van der Waals surface area contributed by atoms with Crippen LogP contribution in [-0.2, 0) is 25.7 Å². The SMILES string of the molecule is CC(C)(N)C(=O)NC(COCc1ccccc1)C(=O)Nc1cn(C(C(=O)N2CCC3(CCCCC3)CC2)c2ccccc2)cn1. The standard InChI is InChI=1S/C35H46N6O4/c1-34(2,36)33(44)38-28(24-45-23-26-12-6-3-7-13-26)31(42)39-29-22-41(25-37-29)30(27-14-8-4-9-15-27)32(43)40-20-18-35(19-21-40)16-10-5-11-17-35/h3-4,6-9,12-15,22,25,28,30H,5,10-11,16-21,23-24,36H2,1-2H3,(H,38,44)(H,39,42). The highest BCUT2D eigenvalue weighted by atomic mass is 16.5. The van der Waals surface area contributed by atoms with Gasteiger partial charge >= 0.3 is 0 Å². The van der Waals surface area contributed by atoms with Gasteiger partial charge in [-0.2, -0.15) is 0 Å². The Bertz CT molecular complexity index is 1420. The van der Waals surface area contributed by atoms with Crippen LogP contribution in [0.25, 0.3) is 0 Å². The van der Waals surface area contributed by atoms with Crippen LogP contribution in [0.3, 0.4) is 0 Å². The van der Waals surface area contributed by atoms with Gasteiger partial charge in [-0.3, -0.25) is 14.4 Å². The van der Waals surface area contributed by atoms with Crippen molar-refractivity contribution in [3.8, 4) is 0 Å². The normalized spacial score (nSPS) is 17.8. The molecule has 45 heavy (non-hydrogen) atoms. The van der Waals surface area contributed by atoms with Crippen LogP contribution in [-0.4, -0.2) is 63.4 Å². The summed E-state index contributed by atoms with van der Waals surface area (Å²) in [4.78, 5) is 46.6. The molecule has 5 rings (SSSR count). The Morgan fingerprint density at radius 1 is 0.956 bits per heavy atom. The highest BCUT2D eigenvalue weighted by Gasteiger charge is 2.38. The minimum atomic E-state index is -1.19. The maximum atomic E-state index is 14.1. The number of nitrogens with one attached hydrogen (secondary N) is 2. The van der Waals surface area contributed by atoms with Crippen LogP contribution in [0.2, 0.25) is 0 Å². The average molecular weight is 615 g/mol. The topological polar surface area (TPSA) is 132 Å². The molecule has 2 fully saturated rings. The summed E-state index contributed by atoms with van der Waals surface area (Å²) < 4.78 is 7.55. The van der Waals surface area contributed by atoms with Gasteiger partial charge in [-0.15, -0.1) is 0 Å². The third-order valence-corrected chi connectivity index (χ3v) is 9.15. The number of ether oxygens (including phenoxy) is 1.